The van der Waals surface area contributed by atoms with Gasteiger partial charge in [-0.15, -0.1) is 16.8 Å². The molecule has 100 valence electrons. The average Bonchev–Trinajstić information content (AvgIpc) is 2.68. The van der Waals surface area contributed by atoms with Crippen LogP contribution in [0.5, 0.6) is 0 Å². The molecule has 0 radical (unpaired) electrons. The molecule has 0 aliphatic heterocycles. The van der Waals surface area contributed by atoms with Gasteiger partial charge in [0.1, 0.15) is 0 Å². The summed E-state index contributed by atoms with van der Waals surface area (Å²) in [7, 11) is 0. The summed E-state index contributed by atoms with van der Waals surface area (Å²) in [6.07, 6.45) is 1.65. The molecule has 1 aromatic rings. The summed E-state index contributed by atoms with van der Waals surface area (Å²) in [6.45, 7) is 10.2. The number of rotatable bonds is 6. The van der Waals surface area contributed by atoms with Gasteiger partial charge in [0.05, 0.1) is 5.75 Å². The second-order valence-electron chi connectivity index (χ2n) is 4.63. The molecule has 0 saturated carbocycles. The minimum absolute atomic E-state index is 0.0274. The molecule has 0 saturated heterocycles. The van der Waals surface area contributed by atoms with Gasteiger partial charge in [0.15, 0.2) is 4.34 Å². The molecule has 1 amide bonds. The van der Waals surface area contributed by atoms with Gasteiger partial charge in [-0.1, -0.05) is 29.2 Å². The third kappa shape index (κ3) is 6.02. The van der Waals surface area contributed by atoms with Crippen molar-refractivity contribution in [2.24, 2.45) is 0 Å². The molecular weight excluding hydrogens is 268 g/mol. The predicted octanol–water partition coefficient (Wildman–Crippen LogP) is 2.14. The zero-order valence-corrected chi connectivity index (χ0v) is 12.5. The van der Waals surface area contributed by atoms with Crippen LogP contribution in [0.2, 0.25) is 0 Å². The number of thioether (sulfide) groups is 1. The van der Waals surface area contributed by atoms with E-state index in [1.807, 2.05) is 0 Å². The monoisotopic (exact) mass is 286 g/mol. The minimum atomic E-state index is -0.0389. The van der Waals surface area contributed by atoms with Crippen LogP contribution in [0, 0.1) is 0 Å². The van der Waals surface area contributed by atoms with Crippen molar-refractivity contribution in [1.29, 1.82) is 0 Å². The van der Waals surface area contributed by atoms with Crippen LogP contribution >= 0.6 is 23.1 Å². The van der Waals surface area contributed by atoms with Gasteiger partial charge in [0, 0.05) is 12.1 Å². The molecule has 2 N–H and O–H groups in total. The molecular formula is C11H18N4OS2. The van der Waals surface area contributed by atoms with E-state index < -0.39 is 0 Å². The second kappa shape index (κ2) is 6.75. The lowest BCUT2D eigenvalue weighted by atomic mass is 10.1. The number of hydrogen-bond donors (Lipinski definition) is 2. The normalized spacial score (nSPS) is 11.1. The first-order valence-corrected chi connectivity index (χ1v) is 7.33. The van der Waals surface area contributed by atoms with Gasteiger partial charge in [-0.2, -0.15) is 0 Å². The molecule has 0 spiro atoms. The Balaban J connectivity index is 2.40. The van der Waals surface area contributed by atoms with E-state index in [-0.39, 0.29) is 11.4 Å². The number of carbonyl (C=O) groups excluding carboxylic acids is 1. The zero-order valence-electron chi connectivity index (χ0n) is 10.8. The van der Waals surface area contributed by atoms with Crippen LogP contribution in [-0.2, 0) is 4.79 Å². The first-order chi connectivity index (χ1) is 8.40. The smallest absolute Gasteiger partial charge is 0.230 e. The largest absolute Gasteiger partial charge is 0.355 e. The average molecular weight is 286 g/mol. The van der Waals surface area contributed by atoms with E-state index in [0.29, 0.717) is 12.3 Å². The highest BCUT2D eigenvalue weighted by molar-refractivity contribution is 8.01. The third-order valence-electron chi connectivity index (χ3n) is 1.66. The lowest BCUT2D eigenvalue weighted by Gasteiger charge is -2.18. The topological polar surface area (TPSA) is 66.9 Å². The lowest BCUT2D eigenvalue weighted by molar-refractivity contribution is -0.118. The van der Waals surface area contributed by atoms with Crippen molar-refractivity contribution in [1.82, 2.24) is 15.5 Å². The van der Waals surface area contributed by atoms with E-state index in [4.69, 9.17) is 0 Å². The van der Waals surface area contributed by atoms with Crippen LogP contribution in [0.25, 0.3) is 0 Å². The number of nitrogens with one attached hydrogen (secondary N) is 2. The third-order valence-corrected chi connectivity index (χ3v) is 3.63. The van der Waals surface area contributed by atoms with Crippen LogP contribution in [0.4, 0.5) is 5.13 Å². The van der Waals surface area contributed by atoms with Crippen molar-refractivity contribution < 1.29 is 4.79 Å². The molecule has 1 rings (SSSR count). The molecule has 1 heterocycles. The van der Waals surface area contributed by atoms with Crippen molar-refractivity contribution in [3.05, 3.63) is 12.7 Å². The van der Waals surface area contributed by atoms with Gasteiger partial charge in [-0.25, -0.2) is 0 Å². The van der Waals surface area contributed by atoms with Gasteiger partial charge in [-0.3, -0.25) is 4.79 Å². The highest BCUT2D eigenvalue weighted by Gasteiger charge is 2.13. The molecule has 18 heavy (non-hydrogen) atoms. The molecule has 0 bridgehead atoms. The summed E-state index contributed by atoms with van der Waals surface area (Å²) in [5, 5.41) is 14.8. The summed E-state index contributed by atoms with van der Waals surface area (Å²) in [5.74, 6) is 0.318. The first-order valence-electron chi connectivity index (χ1n) is 5.53. The molecule has 0 aliphatic carbocycles. The van der Waals surface area contributed by atoms with Crippen molar-refractivity contribution >= 4 is 34.1 Å². The molecule has 0 fully saturated rings. The highest BCUT2D eigenvalue weighted by atomic mass is 32.2. The molecule has 0 unspecified atom stereocenters. The van der Waals surface area contributed by atoms with Crippen molar-refractivity contribution in [3.63, 3.8) is 0 Å². The van der Waals surface area contributed by atoms with Gasteiger partial charge in [0.2, 0.25) is 11.0 Å². The maximum Gasteiger partial charge on any atom is 0.230 e. The Bertz CT molecular complexity index is 411. The predicted molar refractivity (Wildman–Crippen MR) is 77.2 cm³/mol. The molecule has 0 atom stereocenters. The van der Waals surface area contributed by atoms with Gasteiger partial charge in [0.25, 0.3) is 0 Å². The number of hydrogen-bond acceptors (Lipinski definition) is 6. The number of nitrogens with zero attached hydrogens (tertiary/aromatic N) is 2. The lowest BCUT2D eigenvalue weighted by Crippen LogP contribution is -2.25. The summed E-state index contributed by atoms with van der Waals surface area (Å²) >= 11 is 2.84. The van der Waals surface area contributed by atoms with Crippen LogP contribution in [0.1, 0.15) is 20.8 Å². The van der Waals surface area contributed by atoms with Crippen LogP contribution < -0.4 is 10.6 Å². The first kappa shape index (κ1) is 15.0. The molecule has 1 aromatic heterocycles. The maximum absolute atomic E-state index is 11.4. The van der Waals surface area contributed by atoms with Crippen LogP contribution in [-0.4, -0.2) is 33.9 Å². The van der Waals surface area contributed by atoms with Gasteiger partial charge >= 0.3 is 0 Å². The van der Waals surface area contributed by atoms with Crippen LogP contribution in [0.15, 0.2) is 17.0 Å². The van der Waals surface area contributed by atoms with Crippen molar-refractivity contribution in [3.8, 4) is 0 Å². The SMILES string of the molecule is C=CCNC(=O)CSc1nnc(NC(C)(C)C)s1. The Kier molecular flexibility index (Phi) is 5.61. The Morgan fingerprint density at radius 3 is 2.83 bits per heavy atom. The van der Waals surface area contributed by atoms with Crippen molar-refractivity contribution in [2.45, 2.75) is 30.6 Å². The molecule has 7 heteroatoms. The highest BCUT2D eigenvalue weighted by Crippen LogP contribution is 2.26. The Hall–Kier alpha value is -1.08. The number of amides is 1. The quantitative estimate of drug-likeness (QED) is 0.619. The molecule has 0 aliphatic rings. The Morgan fingerprint density at radius 1 is 1.50 bits per heavy atom. The fourth-order valence-corrected chi connectivity index (χ4v) is 2.79. The van der Waals surface area contributed by atoms with Crippen LogP contribution in [0.3, 0.4) is 0 Å². The van der Waals surface area contributed by atoms with Gasteiger partial charge in [-0.05, 0) is 20.8 Å². The second-order valence-corrected chi connectivity index (χ2v) is 6.83. The van der Waals surface area contributed by atoms with Crippen molar-refractivity contribution in [2.75, 3.05) is 17.6 Å². The van der Waals surface area contributed by atoms with E-state index in [1.54, 1.807) is 6.08 Å². The Labute approximate surface area is 115 Å². The minimum Gasteiger partial charge on any atom is -0.355 e. The van der Waals surface area contributed by atoms with E-state index in [2.05, 4.69) is 48.2 Å². The number of aromatic nitrogens is 2. The summed E-state index contributed by atoms with van der Waals surface area (Å²) in [5.41, 5.74) is -0.0389. The number of carbonyl (C=O) groups is 1. The molecule has 5 nitrogen and oxygen atoms in total. The molecule has 0 aromatic carbocycles. The number of anilines is 1. The summed E-state index contributed by atoms with van der Waals surface area (Å²) in [6, 6.07) is 0. The van der Waals surface area contributed by atoms with E-state index in [1.165, 1.54) is 23.1 Å². The Morgan fingerprint density at radius 2 is 2.22 bits per heavy atom. The summed E-state index contributed by atoms with van der Waals surface area (Å²) in [4.78, 5) is 11.4. The maximum atomic E-state index is 11.4. The standard InChI is InChI=1S/C11H18N4OS2/c1-5-6-12-8(16)7-17-10-15-14-9(18-10)13-11(2,3)4/h5H,1,6-7H2,2-4H3,(H,12,16)(H,13,14). The fourth-order valence-electron chi connectivity index (χ4n) is 1.00. The summed E-state index contributed by atoms with van der Waals surface area (Å²) < 4.78 is 0.788. The zero-order chi connectivity index (χ0) is 13.6. The van der Waals surface area contributed by atoms with E-state index >= 15 is 0 Å². The van der Waals surface area contributed by atoms with Gasteiger partial charge < -0.3 is 10.6 Å². The van der Waals surface area contributed by atoms with E-state index in [0.717, 1.165) is 9.47 Å². The fraction of sp³-hybridized carbons (Fsp3) is 0.545. The van der Waals surface area contributed by atoms with E-state index in [9.17, 15) is 4.79 Å².